The summed E-state index contributed by atoms with van der Waals surface area (Å²) >= 11 is 5.80. The Hall–Kier alpha value is -0.420. The fourth-order valence-corrected chi connectivity index (χ4v) is 1.65. The van der Waals surface area contributed by atoms with Crippen molar-refractivity contribution in [2.75, 3.05) is 0 Å². The lowest BCUT2D eigenvalue weighted by Crippen LogP contribution is -2.22. The minimum atomic E-state index is -0.135. The lowest BCUT2D eigenvalue weighted by molar-refractivity contribution is -0.131. The average molecular weight is 189 g/mol. The molecule has 3 nitrogen and oxygen atoms in total. The molecule has 1 saturated heterocycles. The molecule has 0 aromatic carbocycles. The summed E-state index contributed by atoms with van der Waals surface area (Å²) in [4.78, 5) is 21.9. The van der Waals surface area contributed by atoms with Gasteiger partial charge in [-0.2, -0.15) is 0 Å². The van der Waals surface area contributed by atoms with E-state index in [9.17, 15) is 9.59 Å². The SMILES string of the molecule is CC(=S)SN1C(=O)CCC1=O. The van der Waals surface area contributed by atoms with Crippen molar-refractivity contribution >= 4 is 40.2 Å². The summed E-state index contributed by atoms with van der Waals surface area (Å²) in [6.07, 6.45) is 0.656. The first-order valence-corrected chi connectivity index (χ1v) is 4.34. The Bertz CT molecular complexity index is 211. The molecule has 2 amide bonds. The number of carbonyl (C=O) groups is 2. The Balaban J connectivity index is 2.62. The second kappa shape index (κ2) is 3.32. The summed E-state index contributed by atoms with van der Waals surface area (Å²) in [6, 6.07) is 0. The van der Waals surface area contributed by atoms with E-state index in [1.165, 1.54) is 0 Å². The van der Waals surface area contributed by atoms with Crippen molar-refractivity contribution in [1.29, 1.82) is 0 Å². The Morgan fingerprint density at radius 2 is 1.91 bits per heavy atom. The fourth-order valence-electron chi connectivity index (χ4n) is 0.786. The van der Waals surface area contributed by atoms with Crippen molar-refractivity contribution in [2.45, 2.75) is 19.8 Å². The van der Waals surface area contributed by atoms with Crippen molar-refractivity contribution in [3.63, 3.8) is 0 Å². The lowest BCUT2D eigenvalue weighted by atomic mass is 10.4. The van der Waals surface area contributed by atoms with Crippen LogP contribution in [-0.4, -0.2) is 20.3 Å². The zero-order valence-corrected chi connectivity index (χ0v) is 7.63. The molecule has 0 aliphatic carbocycles. The fraction of sp³-hybridized carbons (Fsp3) is 0.500. The van der Waals surface area contributed by atoms with Crippen molar-refractivity contribution in [3.05, 3.63) is 0 Å². The Morgan fingerprint density at radius 3 is 2.27 bits per heavy atom. The molecule has 1 fully saturated rings. The number of hydrogen-bond donors (Lipinski definition) is 0. The number of nitrogens with zero attached hydrogens (tertiary/aromatic N) is 1. The van der Waals surface area contributed by atoms with Gasteiger partial charge >= 0.3 is 0 Å². The molecule has 5 heteroatoms. The van der Waals surface area contributed by atoms with Crippen LogP contribution in [0.4, 0.5) is 0 Å². The zero-order chi connectivity index (χ0) is 8.43. The average Bonchev–Trinajstić information content (AvgIpc) is 2.18. The Labute approximate surface area is 74.3 Å². The summed E-state index contributed by atoms with van der Waals surface area (Å²) in [7, 11) is 0. The minimum absolute atomic E-state index is 0.135. The summed E-state index contributed by atoms with van der Waals surface area (Å²) in [6.45, 7) is 1.69. The molecule has 0 saturated carbocycles. The highest BCUT2D eigenvalue weighted by molar-refractivity contribution is 8.22. The summed E-state index contributed by atoms with van der Waals surface area (Å²) < 4.78 is 1.73. The van der Waals surface area contributed by atoms with Crippen LogP contribution in [0.1, 0.15) is 19.8 Å². The van der Waals surface area contributed by atoms with E-state index in [0.29, 0.717) is 17.0 Å². The third-order valence-electron chi connectivity index (χ3n) is 1.23. The van der Waals surface area contributed by atoms with Gasteiger partial charge in [0.05, 0.1) is 4.20 Å². The summed E-state index contributed by atoms with van der Waals surface area (Å²) in [5.41, 5.74) is 0. The van der Waals surface area contributed by atoms with Crippen LogP contribution in [0.2, 0.25) is 0 Å². The highest BCUT2D eigenvalue weighted by Gasteiger charge is 2.29. The normalized spacial score (nSPS) is 17.7. The number of rotatable bonds is 1. The molecular formula is C6H7NO2S2. The molecule has 0 unspecified atom stereocenters. The van der Waals surface area contributed by atoms with Gasteiger partial charge in [0.15, 0.2) is 0 Å². The first kappa shape index (κ1) is 8.67. The van der Waals surface area contributed by atoms with Crippen LogP contribution in [0.25, 0.3) is 0 Å². The van der Waals surface area contributed by atoms with Crippen LogP contribution < -0.4 is 0 Å². The van der Waals surface area contributed by atoms with Crippen LogP contribution in [0.5, 0.6) is 0 Å². The number of thiocarbonyl (C=S) groups is 1. The first-order valence-electron chi connectivity index (χ1n) is 3.15. The van der Waals surface area contributed by atoms with Gasteiger partial charge in [0.25, 0.3) is 0 Å². The predicted octanol–water partition coefficient (Wildman–Crippen LogP) is 1.13. The molecule has 0 aromatic heterocycles. The van der Waals surface area contributed by atoms with Crippen LogP contribution in [-0.2, 0) is 9.59 Å². The van der Waals surface area contributed by atoms with Crippen LogP contribution in [0.15, 0.2) is 0 Å². The molecular weight excluding hydrogens is 182 g/mol. The van der Waals surface area contributed by atoms with E-state index in [0.717, 1.165) is 16.3 Å². The van der Waals surface area contributed by atoms with E-state index >= 15 is 0 Å². The van der Waals surface area contributed by atoms with E-state index in [-0.39, 0.29) is 11.8 Å². The smallest absolute Gasteiger partial charge is 0.240 e. The van der Waals surface area contributed by atoms with Crippen molar-refractivity contribution in [3.8, 4) is 0 Å². The third kappa shape index (κ3) is 2.00. The summed E-state index contributed by atoms with van der Waals surface area (Å²) in [5.74, 6) is -0.270. The standard InChI is InChI=1S/C6H7NO2S2/c1-4(10)11-7-5(8)2-3-6(7)9/h2-3H2,1H3. The number of amides is 2. The molecule has 0 aromatic rings. The Kier molecular flexibility index (Phi) is 2.62. The van der Waals surface area contributed by atoms with E-state index < -0.39 is 0 Å². The predicted molar refractivity (Wildman–Crippen MR) is 47.0 cm³/mol. The topological polar surface area (TPSA) is 37.4 Å². The lowest BCUT2D eigenvalue weighted by Gasteiger charge is -2.09. The third-order valence-corrected chi connectivity index (χ3v) is 2.30. The van der Waals surface area contributed by atoms with E-state index in [1.54, 1.807) is 6.92 Å². The molecule has 0 bridgehead atoms. The number of imide groups is 1. The molecule has 11 heavy (non-hydrogen) atoms. The van der Waals surface area contributed by atoms with Crippen LogP contribution in [0.3, 0.4) is 0 Å². The maximum atomic E-state index is 10.9. The van der Waals surface area contributed by atoms with E-state index in [2.05, 4.69) is 0 Å². The van der Waals surface area contributed by atoms with Crippen molar-refractivity contribution in [2.24, 2.45) is 0 Å². The molecule has 0 radical (unpaired) electrons. The van der Waals surface area contributed by atoms with Gasteiger partial charge in [0.2, 0.25) is 11.8 Å². The molecule has 0 N–H and O–H groups in total. The molecule has 0 atom stereocenters. The quantitative estimate of drug-likeness (QED) is 0.352. The van der Waals surface area contributed by atoms with Crippen molar-refractivity contribution in [1.82, 2.24) is 4.31 Å². The van der Waals surface area contributed by atoms with Crippen LogP contribution in [0, 0.1) is 0 Å². The molecule has 60 valence electrons. The van der Waals surface area contributed by atoms with Crippen LogP contribution >= 0.6 is 24.2 Å². The van der Waals surface area contributed by atoms with Gasteiger partial charge in [-0.3, -0.25) is 9.59 Å². The van der Waals surface area contributed by atoms with Gasteiger partial charge in [-0.15, -0.1) is 0 Å². The highest BCUT2D eigenvalue weighted by atomic mass is 32.2. The van der Waals surface area contributed by atoms with Gasteiger partial charge < -0.3 is 0 Å². The van der Waals surface area contributed by atoms with Gasteiger partial charge in [0.1, 0.15) is 0 Å². The maximum Gasteiger partial charge on any atom is 0.240 e. The van der Waals surface area contributed by atoms with Gasteiger partial charge in [-0.25, -0.2) is 4.31 Å². The van der Waals surface area contributed by atoms with E-state index in [4.69, 9.17) is 12.2 Å². The zero-order valence-electron chi connectivity index (χ0n) is 5.99. The second-order valence-electron chi connectivity index (χ2n) is 2.16. The molecule has 1 rings (SSSR count). The first-order chi connectivity index (χ1) is 5.11. The second-order valence-corrected chi connectivity index (χ2v) is 4.20. The number of carbonyl (C=O) groups excluding carboxylic acids is 2. The maximum absolute atomic E-state index is 10.9. The minimum Gasteiger partial charge on any atom is -0.273 e. The Morgan fingerprint density at radius 1 is 1.45 bits per heavy atom. The summed E-state index contributed by atoms with van der Waals surface area (Å²) in [5, 5.41) is 0. The van der Waals surface area contributed by atoms with Gasteiger partial charge in [-0.05, 0) is 6.92 Å². The molecule has 0 spiro atoms. The molecule has 1 aliphatic heterocycles. The molecule has 1 heterocycles. The van der Waals surface area contributed by atoms with Gasteiger partial charge in [0, 0.05) is 24.8 Å². The van der Waals surface area contributed by atoms with Crippen molar-refractivity contribution < 1.29 is 9.59 Å². The molecule has 1 aliphatic rings. The monoisotopic (exact) mass is 189 g/mol. The largest absolute Gasteiger partial charge is 0.273 e. The number of hydrogen-bond acceptors (Lipinski definition) is 4. The van der Waals surface area contributed by atoms with E-state index in [1.807, 2.05) is 0 Å². The van der Waals surface area contributed by atoms with Gasteiger partial charge in [-0.1, -0.05) is 12.2 Å². The highest BCUT2D eigenvalue weighted by Crippen LogP contribution is 2.22.